The first kappa shape index (κ1) is 37.7. The van der Waals surface area contributed by atoms with Crippen LogP contribution in [0.2, 0.25) is 0 Å². The molecular weight excluding hydrogens is 536 g/mol. The van der Waals surface area contributed by atoms with E-state index in [2.05, 4.69) is 13.8 Å². The molecule has 0 saturated carbocycles. The van der Waals surface area contributed by atoms with E-state index < -0.39 is 11.9 Å². The Hall–Kier alpha value is 0.362. The van der Waals surface area contributed by atoms with E-state index in [0.717, 1.165) is 25.7 Å². The summed E-state index contributed by atoms with van der Waals surface area (Å²) >= 11 is 0. The molecular formula is C24H46O4SnZn+4. The third-order valence-electron chi connectivity index (χ3n) is 4.97. The van der Waals surface area contributed by atoms with Gasteiger partial charge in [0.15, 0.2) is 0 Å². The topological polar surface area (TPSA) is 80.3 Å². The van der Waals surface area contributed by atoms with E-state index in [1.54, 1.807) is 0 Å². The number of carbonyl (C=O) groups is 2. The summed E-state index contributed by atoms with van der Waals surface area (Å²) in [5.74, 6) is -1.82. The molecule has 0 N–H and O–H groups in total. The first-order chi connectivity index (χ1) is 13.5. The van der Waals surface area contributed by atoms with Crippen LogP contribution < -0.4 is 10.2 Å². The van der Waals surface area contributed by atoms with Gasteiger partial charge in [0.25, 0.3) is 0 Å². The van der Waals surface area contributed by atoms with Crippen LogP contribution in [-0.4, -0.2) is 35.8 Å². The summed E-state index contributed by atoms with van der Waals surface area (Å²) in [5, 5.41) is 20.2. The van der Waals surface area contributed by atoms with Gasteiger partial charge in [-0.2, -0.15) is 0 Å². The Balaban J connectivity index is -0.000000211. The van der Waals surface area contributed by atoms with Crippen molar-refractivity contribution in [2.45, 2.75) is 142 Å². The molecule has 168 valence electrons. The number of carboxylic acids is 2. The fourth-order valence-electron chi connectivity index (χ4n) is 3.16. The zero-order valence-electron chi connectivity index (χ0n) is 20.0. The Morgan fingerprint density at radius 3 is 0.867 bits per heavy atom. The van der Waals surface area contributed by atoms with Crippen molar-refractivity contribution < 1.29 is 39.3 Å². The fraction of sp³-hybridized carbons (Fsp3) is 0.917. The molecule has 0 aromatic carbocycles. The molecule has 0 aliphatic heterocycles. The van der Waals surface area contributed by atoms with Crippen LogP contribution in [0, 0.1) is 0 Å². The van der Waals surface area contributed by atoms with E-state index >= 15 is 0 Å². The molecule has 0 rings (SSSR count). The standard InChI is InChI=1S/2C12H24O2.Sn.Zn/c2*1-2-3-4-5-6-7-8-9-10-11-12(13)14;;/h2*2-11H2,1H3,(H,13,14);;/q;;+4;+2/p-2. The van der Waals surface area contributed by atoms with E-state index in [1.807, 2.05) is 0 Å². The van der Waals surface area contributed by atoms with Crippen LogP contribution in [0.15, 0.2) is 0 Å². The quantitative estimate of drug-likeness (QED) is 0.151. The number of carbonyl (C=O) groups excluding carboxylic acids is 2. The van der Waals surface area contributed by atoms with Crippen molar-refractivity contribution in [1.82, 2.24) is 0 Å². The Labute approximate surface area is 216 Å². The minimum absolute atomic E-state index is 0. The number of hydrogen-bond donors (Lipinski definition) is 0. The summed E-state index contributed by atoms with van der Waals surface area (Å²) in [6.45, 7) is 4.44. The molecule has 0 unspecified atom stereocenters. The minimum atomic E-state index is -0.909. The van der Waals surface area contributed by atoms with E-state index in [0.29, 0.717) is 0 Å². The number of hydrogen-bond acceptors (Lipinski definition) is 4. The molecule has 0 amide bonds. The van der Waals surface area contributed by atoms with Gasteiger partial charge in [0.2, 0.25) is 0 Å². The van der Waals surface area contributed by atoms with Gasteiger partial charge >= 0.3 is 43.4 Å². The zero-order valence-corrected chi connectivity index (χ0v) is 25.8. The first-order valence-electron chi connectivity index (χ1n) is 11.9. The molecule has 0 atom stereocenters. The van der Waals surface area contributed by atoms with Gasteiger partial charge in [-0.05, 0) is 25.7 Å². The fourth-order valence-corrected chi connectivity index (χ4v) is 3.16. The van der Waals surface area contributed by atoms with Crippen molar-refractivity contribution in [2.75, 3.05) is 0 Å². The maximum atomic E-state index is 10.1. The second-order valence-electron chi connectivity index (χ2n) is 7.90. The molecule has 0 aromatic rings. The third-order valence-corrected chi connectivity index (χ3v) is 4.97. The SMILES string of the molecule is CCCCCCCCCCCC(=O)[O-].CCCCCCCCCCCC(=O)[O-].[Sn+4].[Zn+2]. The Bertz CT molecular complexity index is 309. The molecule has 0 bridgehead atoms. The maximum Gasteiger partial charge on any atom is 4.00 e. The number of aliphatic carboxylic acids is 2. The van der Waals surface area contributed by atoms with Gasteiger partial charge < -0.3 is 19.8 Å². The second-order valence-corrected chi connectivity index (χ2v) is 7.90. The van der Waals surface area contributed by atoms with Crippen LogP contribution in [0.25, 0.3) is 0 Å². The van der Waals surface area contributed by atoms with Crippen molar-refractivity contribution in [3.63, 3.8) is 0 Å². The van der Waals surface area contributed by atoms with Crippen LogP contribution in [0.5, 0.6) is 0 Å². The van der Waals surface area contributed by atoms with Gasteiger partial charge in [0, 0.05) is 11.9 Å². The average molecular weight is 583 g/mol. The van der Waals surface area contributed by atoms with Gasteiger partial charge in [-0.15, -0.1) is 0 Å². The van der Waals surface area contributed by atoms with Crippen LogP contribution >= 0.6 is 0 Å². The molecule has 0 aliphatic rings. The summed E-state index contributed by atoms with van der Waals surface area (Å²) < 4.78 is 0. The van der Waals surface area contributed by atoms with Crippen molar-refractivity contribution in [2.24, 2.45) is 0 Å². The first-order valence-corrected chi connectivity index (χ1v) is 11.9. The third kappa shape index (κ3) is 42.5. The van der Waals surface area contributed by atoms with Gasteiger partial charge in [-0.3, -0.25) is 0 Å². The van der Waals surface area contributed by atoms with E-state index in [4.69, 9.17) is 0 Å². The molecule has 0 aromatic heterocycles. The monoisotopic (exact) mass is 582 g/mol. The van der Waals surface area contributed by atoms with Crippen molar-refractivity contribution >= 4 is 35.8 Å². The summed E-state index contributed by atoms with van der Waals surface area (Å²) in [7, 11) is 0. The Kier molecular flexibility index (Phi) is 42.7. The molecule has 0 spiro atoms. The average Bonchev–Trinajstić information content (AvgIpc) is 2.65. The van der Waals surface area contributed by atoms with E-state index in [1.165, 1.54) is 89.9 Å². The van der Waals surface area contributed by atoms with Crippen LogP contribution in [-0.2, 0) is 29.1 Å². The predicted octanol–water partition coefficient (Wildman–Crippen LogP) is 4.93. The van der Waals surface area contributed by atoms with Gasteiger partial charge in [0.05, 0.1) is 0 Å². The molecule has 0 aliphatic carbocycles. The molecule has 6 heteroatoms. The number of rotatable bonds is 20. The second kappa shape index (κ2) is 34.0. The number of carboxylic acid groups (broad SMARTS) is 2. The zero-order chi connectivity index (χ0) is 21.3. The predicted molar refractivity (Wildman–Crippen MR) is 119 cm³/mol. The van der Waals surface area contributed by atoms with Crippen LogP contribution in [0.3, 0.4) is 0 Å². The number of unbranched alkanes of at least 4 members (excludes halogenated alkanes) is 16. The molecule has 0 heterocycles. The normalized spacial score (nSPS) is 9.67. The Morgan fingerprint density at radius 2 is 0.667 bits per heavy atom. The van der Waals surface area contributed by atoms with E-state index in [9.17, 15) is 19.8 Å². The van der Waals surface area contributed by atoms with Gasteiger partial charge in [0.1, 0.15) is 0 Å². The summed E-state index contributed by atoms with van der Waals surface area (Å²) in [4.78, 5) is 20.2. The maximum absolute atomic E-state index is 10.1. The molecule has 0 saturated heterocycles. The van der Waals surface area contributed by atoms with Crippen molar-refractivity contribution in [1.29, 1.82) is 0 Å². The molecule has 0 fully saturated rings. The molecule has 30 heavy (non-hydrogen) atoms. The van der Waals surface area contributed by atoms with E-state index in [-0.39, 0.29) is 56.2 Å². The van der Waals surface area contributed by atoms with Gasteiger partial charge in [-0.1, -0.05) is 117 Å². The minimum Gasteiger partial charge on any atom is -0.550 e. The summed E-state index contributed by atoms with van der Waals surface area (Å²) in [6.07, 6.45) is 22.3. The smallest absolute Gasteiger partial charge is 0.550 e. The largest absolute Gasteiger partial charge is 4.00 e. The van der Waals surface area contributed by atoms with Crippen LogP contribution in [0.4, 0.5) is 0 Å². The molecule has 4 nitrogen and oxygen atoms in total. The van der Waals surface area contributed by atoms with Crippen molar-refractivity contribution in [3.05, 3.63) is 0 Å². The van der Waals surface area contributed by atoms with Crippen LogP contribution in [0.1, 0.15) is 142 Å². The Morgan fingerprint density at radius 1 is 0.467 bits per heavy atom. The summed E-state index contributed by atoms with van der Waals surface area (Å²) in [5.41, 5.74) is 0. The van der Waals surface area contributed by atoms with Crippen molar-refractivity contribution in [3.8, 4) is 0 Å². The van der Waals surface area contributed by atoms with Gasteiger partial charge in [-0.25, -0.2) is 0 Å². The summed E-state index contributed by atoms with van der Waals surface area (Å²) in [6, 6.07) is 0. The molecule has 0 radical (unpaired) electrons.